The number of alkyl halides is 3. The lowest BCUT2D eigenvalue weighted by Crippen LogP contribution is -2.15. The van der Waals surface area contributed by atoms with Gasteiger partial charge in [0.1, 0.15) is 0 Å². The van der Waals surface area contributed by atoms with Crippen molar-refractivity contribution in [2.24, 2.45) is 5.92 Å². The maximum atomic E-state index is 12.8. The highest BCUT2D eigenvalue weighted by Gasteiger charge is 2.34. The van der Waals surface area contributed by atoms with Crippen LogP contribution in [-0.2, 0) is 6.18 Å². The fraction of sp³-hybridized carbons (Fsp3) is 0.692. The molecule has 1 heterocycles. The second kappa shape index (κ2) is 6.28. The van der Waals surface area contributed by atoms with E-state index in [0.717, 1.165) is 31.7 Å². The third kappa shape index (κ3) is 3.98. The zero-order valence-corrected chi connectivity index (χ0v) is 11.3. The highest BCUT2D eigenvalue weighted by atomic mass is 19.4. The van der Waals surface area contributed by atoms with Gasteiger partial charge in [0.15, 0.2) is 5.69 Å². The number of hydrogen-bond acceptors (Lipinski definition) is 4. The topological polar surface area (TPSA) is 47.0 Å². The van der Waals surface area contributed by atoms with Crippen LogP contribution in [0.1, 0.15) is 38.3 Å². The SMILES string of the molecule is CCNc1nc(OCC2CCCC2)cc(C(F)(F)F)n1. The largest absolute Gasteiger partial charge is 0.477 e. The van der Waals surface area contributed by atoms with E-state index in [4.69, 9.17) is 4.74 Å². The Morgan fingerprint density at radius 1 is 1.30 bits per heavy atom. The summed E-state index contributed by atoms with van der Waals surface area (Å²) in [5.74, 6) is 0.348. The van der Waals surface area contributed by atoms with Crippen LogP contribution in [0.15, 0.2) is 6.07 Å². The Hall–Kier alpha value is -1.53. The number of anilines is 1. The average molecular weight is 289 g/mol. The Balaban J connectivity index is 2.11. The van der Waals surface area contributed by atoms with Crippen molar-refractivity contribution in [1.82, 2.24) is 9.97 Å². The molecule has 0 bridgehead atoms. The molecule has 1 aromatic rings. The number of halogens is 3. The molecule has 1 aromatic heterocycles. The molecule has 0 atom stereocenters. The first kappa shape index (κ1) is 14.9. The van der Waals surface area contributed by atoms with E-state index in [1.165, 1.54) is 0 Å². The Bertz CT molecular complexity index is 445. The van der Waals surface area contributed by atoms with Crippen LogP contribution in [0.5, 0.6) is 5.88 Å². The van der Waals surface area contributed by atoms with E-state index < -0.39 is 11.9 Å². The quantitative estimate of drug-likeness (QED) is 0.901. The fourth-order valence-corrected chi connectivity index (χ4v) is 2.26. The summed E-state index contributed by atoms with van der Waals surface area (Å²) in [6.45, 7) is 2.63. The summed E-state index contributed by atoms with van der Waals surface area (Å²) in [6.07, 6.45) is -0.0460. The van der Waals surface area contributed by atoms with Gasteiger partial charge in [0.05, 0.1) is 6.61 Å². The van der Waals surface area contributed by atoms with Crippen molar-refractivity contribution in [2.75, 3.05) is 18.5 Å². The van der Waals surface area contributed by atoms with E-state index in [0.29, 0.717) is 19.1 Å². The molecule has 1 aliphatic carbocycles. The number of ether oxygens (including phenoxy) is 1. The summed E-state index contributed by atoms with van der Waals surface area (Å²) < 4.78 is 43.7. The van der Waals surface area contributed by atoms with Crippen LogP contribution in [0.3, 0.4) is 0 Å². The van der Waals surface area contributed by atoms with E-state index in [1.54, 1.807) is 6.92 Å². The highest BCUT2D eigenvalue weighted by Crippen LogP contribution is 2.31. The molecule has 0 saturated heterocycles. The standard InChI is InChI=1S/C13H18F3N3O/c1-2-17-12-18-10(13(14,15)16)7-11(19-12)20-8-9-5-3-4-6-9/h7,9H,2-6,8H2,1H3,(H,17,18,19). The first-order valence-corrected chi connectivity index (χ1v) is 6.82. The maximum Gasteiger partial charge on any atom is 0.433 e. The van der Waals surface area contributed by atoms with E-state index in [2.05, 4.69) is 15.3 Å². The van der Waals surface area contributed by atoms with Gasteiger partial charge in [0.2, 0.25) is 11.8 Å². The molecule has 1 fully saturated rings. The van der Waals surface area contributed by atoms with Crippen molar-refractivity contribution < 1.29 is 17.9 Å². The number of aromatic nitrogens is 2. The van der Waals surface area contributed by atoms with Gasteiger partial charge in [-0.2, -0.15) is 18.2 Å². The Morgan fingerprint density at radius 2 is 2.00 bits per heavy atom. The zero-order valence-electron chi connectivity index (χ0n) is 11.3. The lowest BCUT2D eigenvalue weighted by Gasteiger charge is -2.13. The average Bonchev–Trinajstić information content (AvgIpc) is 2.88. The Kier molecular flexibility index (Phi) is 4.67. The van der Waals surface area contributed by atoms with Crippen molar-refractivity contribution in [3.63, 3.8) is 0 Å². The van der Waals surface area contributed by atoms with Crippen LogP contribution in [0.2, 0.25) is 0 Å². The number of nitrogens with one attached hydrogen (secondary N) is 1. The molecule has 0 radical (unpaired) electrons. The molecule has 1 N–H and O–H groups in total. The van der Waals surface area contributed by atoms with Gasteiger partial charge in [-0.25, -0.2) is 4.98 Å². The van der Waals surface area contributed by atoms with E-state index in [-0.39, 0.29) is 11.8 Å². The molecule has 0 spiro atoms. The molecule has 0 aromatic carbocycles. The first-order chi connectivity index (χ1) is 9.49. The van der Waals surface area contributed by atoms with E-state index >= 15 is 0 Å². The van der Waals surface area contributed by atoms with Crippen molar-refractivity contribution in [1.29, 1.82) is 0 Å². The molecule has 1 saturated carbocycles. The van der Waals surface area contributed by atoms with Crippen LogP contribution < -0.4 is 10.1 Å². The number of nitrogens with zero attached hydrogens (tertiary/aromatic N) is 2. The first-order valence-electron chi connectivity index (χ1n) is 6.82. The molecule has 7 heteroatoms. The summed E-state index contributed by atoms with van der Waals surface area (Å²) >= 11 is 0. The molecule has 1 aliphatic rings. The molecular weight excluding hydrogens is 271 g/mol. The van der Waals surface area contributed by atoms with Gasteiger partial charge in [-0.05, 0) is 25.7 Å². The normalized spacial score (nSPS) is 16.4. The summed E-state index contributed by atoms with van der Waals surface area (Å²) in [5.41, 5.74) is -0.982. The third-order valence-electron chi connectivity index (χ3n) is 3.27. The van der Waals surface area contributed by atoms with Crippen LogP contribution in [0.25, 0.3) is 0 Å². The van der Waals surface area contributed by atoms with Gasteiger partial charge >= 0.3 is 6.18 Å². The second-order valence-electron chi connectivity index (χ2n) is 4.90. The minimum atomic E-state index is -4.50. The minimum absolute atomic E-state index is 0.0184. The third-order valence-corrected chi connectivity index (χ3v) is 3.27. The smallest absolute Gasteiger partial charge is 0.433 e. The van der Waals surface area contributed by atoms with Crippen molar-refractivity contribution in [3.05, 3.63) is 11.8 Å². The molecule has 4 nitrogen and oxygen atoms in total. The molecule has 0 amide bonds. The molecule has 20 heavy (non-hydrogen) atoms. The summed E-state index contributed by atoms with van der Waals surface area (Å²) in [6, 6.07) is 0.857. The maximum absolute atomic E-state index is 12.8. The van der Waals surface area contributed by atoms with Crippen molar-refractivity contribution >= 4 is 5.95 Å². The highest BCUT2D eigenvalue weighted by molar-refractivity contribution is 5.31. The van der Waals surface area contributed by atoms with Crippen LogP contribution >= 0.6 is 0 Å². The minimum Gasteiger partial charge on any atom is -0.477 e. The Morgan fingerprint density at radius 3 is 2.60 bits per heavy atom. The predicted octanol–water partition coefficient (Wildman–Crippen LogP) is 3.50. The van der Waals surface area contributed by atoms with Crippen LogP contribution in [-0.4, -0.2) is 23.1 Å². The van der Waals surface area contributed by atoms with Crippen molar-refractivity contribution in [3.8, 4) is 5.88 Å². The molecule has 112 valence electrons. The van der Waals surface area contributed by atoms with Gasteiger partial charge in [-0.15, -0.1) is 0 Å². The van der Waals surface area contributed by atoms with Gasteiger partial charge in [0.25, 0.3) is 0 Å². The lowest BCUT2D eigenvalue weighted by atomic mass is 10.1. The van der Waals surface area contributed by atoms with E-state index in [1.807, 2.05) is 0 Å². The Labute approximate surface area is 115 Å². The molecule has 0 aliphatic heterocycles. The fourth-order valence-electron chi connectivity index (χ4n) is 2.26. The second-order valence-corrected chi connectivity index (χ2v) is 4.90. The molecule has 2 rings (SSSR count). The predicted molar refractivity (Wildman–Crippen MR) is 68.7 cm³/mol. The monoisotopic (exact) mass is 289 g/mol. The molecular formula is C13H18F3N3O. The number of hydrogen-bond donors (Lipinski definition) is 1. The number of rotatable bonds is 5. The van der Waals surface area contributed by atoms with Gasteiger partial charge in [-0.1, -0.05) is 12.8 Å². The van der Waals surface area contributed by atoms with Gasteiger partial charge in [-0.3, -0.25) is 0 Å². The summed E-state index contributed by atoms with van der Waals surface area (Å²) in [7, 11) is 0. The summed E-state index contributed by atoms with van der Waals surface area (Å²) in [4.78, 5) is 7.40. The van der Waals surface area contributed by atoms with E-state index in [9.17, 15) is 13.2 Å². The lowest BCUT2D eigenvalue weighted by molar-refractivity contribution is -0.141. The molecule has 0 unspecified atom stereocenters. The van der Waals surface area contributed by atoms with Crippen LogP contribution in [0.4, 0.5) is 19.1 Å². The van der Waals surface area contributed by atoms with Crippen LogP contribution in [0, 0.1) is 5.92 Å². The van der Waals surface area contributed by atoms with Gasteiger partial charge in [0, 0.05) is 12.6 Å². The van der Waals surface area contributed by atoms with Gasteiger partial charge < -0.3 is 10.1 Å². The van der Waals surface area contributed by atoms with Crippen molar-refractivity contribution in [2.45, 2.75) is 38.8 Å². The summed E-state index contributed by atoms with van der Waals surface area (Å²) in [5, 5.41) is 2.69. The zero-order chi connectivity index (χ0) is 14.6.